The molecule has 0 aliphatic heterocycles. The Labute approximate surface area is 297 Å². The van der Waals surface area contributed by atoms with E-state index in [4.69, 9.17) is 4.74 Å². The van der Waals surface area contributed by atoms with E-state index in [9.17, 15) is 27.6 Å². The van der Waals surface area contributed by atoms with E-state index in [1.54, 1.807) is 36.4 Å². The van der Waals surface area contributed by atoms with Crippen LogP contribution in [0.25, 0.3) is 22.0 Å². The zero-order valence-electron chi connectivity index (χ0n) is 29.5. The predicted molar refractivity (Wildman–Crippen MR) is 196 cm³/mol. The quantitative estimate of drug-likeness (QED) is 0.129. The fourth-order valence-corrected chi connectivity index (χ4v) is 7.13. The number of H-pyrrole nitrogens is 2. The Morgan fingerprint density at radius 2 is 1.65 bits per heavy atom. The summed E-state index contributed by atoms with van der Waals surface area (Å²) in [5, 5.41) is 14.5. The first-order valence-electron chi connectivity index (χ1n) is 17.0. The molecule has 1 atom stereocenters. The minimum Gasteiger partial charge on any atom is -0.444 e. The molecule has 0 radical (unpaired) electrons. The molecular weight excluding hydrogens is 673 g/mol. The fourth-order valence-electron chi connectivity index (χ4n) is 6.31. The van der Waals surface area contributed by atoms with Gasteiger partial charge in [-0.1, -0.05) is 30.3 Å². The number of aromatic nitrogens is 2. The van der Waals surface area contributed by atoms with Crippen molar-refractivity contribution in [3.05, 3.63) is 82.1 Å². The second kappa shape index (κ2) is 15.5. The number of carbonyl (C=O) groups excluding carboxylic acids is 3. The predicted octanol–water partition coefficient (Wildman–Crippen LogP) is 4.74. The maximum absolute atomic E-state index is 13.7. The topological polar surface area (TPSA) is 191 Å². The van der Waals surface area contributed by atoms with Crippen LogP contribution in [-0.2, 0) is 30.8 Å². The van der Waals surface area contributed by atoms with Crippen molar-refractivity contribution in [3.8, 4) is 11.1 Å². The Balaban J connectivity index is 1.27. The summed E-state index contributed by atoms with van der Waals surface area (Å²) in [4.78, 5) is 51.6. The molecule has 0 saturated heterocycles. The highest BCUT2D eigenvalue weighted by molar-refractivity contribution is 7.89. The number of alkyl carbamates (subject to hydrolysis) is 1. The van der Waals surface area contributed by atoms with Crippen LogP contribution in [0.1, 0.15) is 57.6 Å². The van der Waals surface area contributed by atoms with Crippen LogP contribution in [0.3, 0.4) is 0 Å². The molecule has 1 aromatic heterocycles. The summed E-state index contributed by atoms with van der Waals surface area (Å²) < 4.78 is 32.2. The van der Waals surface area contributed by atoms with Crippen molar-refractivity contribution in [1.82, 2.24) is 25.6 Å². The van der Waals surface area contributed by atoms with Crippen LogP contribution < -0.4 is 26.2 Å². The molecule has 5 rings (SSSR count). The standard InChI is InChI=1S/C37H46N6O7S/c1-22-18-28(51(48,49)38-5)15-17-29(22)25-10-6-23(7-11-25)19-32(35(46)40-27-14-16-30-31(20-27)42-43-34(30)45)41-33(44)26-12-8-24(9-13-26)21-39-36(47)50-37(2,3)4/h6-7,10-11,14-18,20,24,26,32,38H,8-9,12-13,19,21H2,1-5H3,(H,39,47)(H,40,46)(H,41,44)(H2,42,43,45)/t24?,26?,32-/m0/s1. The highest BCUT2D eigenvalue weighted by atomic mass is 32.2. The average Bonchev–Trinajstić information content (AvgIpc) is 3.46. The summed E-state index contributed by atoms with van der Waals surface area (Å²) in [6, 6.07) is 16.5. The van der Waals surface area contributed by atoms with Gasteiger partial charge in [0.1, 0.15) is 11.6 Å². The van der Waals surface area contributed by atoms with Crippen molar-refractivity contribution in [2.75, 3.05) is 18.9 Å². The van der Waals surface area contributed by atoms with Gasteiger partial charge >= 0.3 is 6.09 Å². The third kappa shape index (κ3) is 9.64. The van der Waals surface area contributed by atoms with E-state index in [1.807, 2.05) is 52.0 Å². The lowest BCUT2D eigenvalue weighted by Crippen LogP contribution is -2.48. The first-order chi connectivity index (χ1) is 24.1. The average molecular weight is 719 g/mol. The zero-order chi connectivity index (χ0) is 36.9. The van der Waals surface area contributed by atoms with Gasteiger partial charge in [0.2, 0.25) is 21.8 Å². The molecule has 13 nitrogen and oxygen atoms in total. The van der Waals surface area contributed by atoms with Gasteiger partial charge in [0.15, 0.2) is 0 Å². The summed E-state index contributed by atoms with van der Waals surface area (Å²) in [7, 11) is -2.20. The lowest BCUT2D eigenvalue weighted by molar-refractivity contribution is -0.130. The van der Waals surface area contributed by atoms with Crippen molar-refractivity contribution in [3.63, 3.8) is 0 Å². The van der Waals surface area contributed by atoms with E-state index in [2.05, 4.69) is 30.9 Å². The van der Waals surface area contributed by atoms with E-state index in [0.29, 0.717) is 36.0 Å². The fraction of sp³-hybridized carbons (Fsp3) is 0.405. The van der Waals surface area contributed by atoms with Crippen molar-refractivity contribution in [1.29, 1.82) is 0 Å². The lowest BCUT2D eigenvalue weighted by atomic mass is 9.81. The van der Waals surface area contributed by atoms with E-state index < -0.39 is 33.7 Å². The number of hydrogen-bond acceptors (Lipinski definition) is 7. The van der Waals surface area contributed by atoms with Crippen LogP contribution in [0.2, 0.25) is 0 Å². The zero-order valence-corrected chi connectivity index (χ0v) is 30.3. The second-order valence-corrected chi connectivity index (χ2v) is 16.0. The molecule has 0 spiro atoms. The first-order valence-corrected chi connectivity index (χ1v) is 18.5. The monoisotopic (exact) mass is 718 g/mol. The Bertz CT molecular complexity index is 2060. The van der Waals surface area contributed by atoms with Gasteiger partial charge in [0, 0.05) is 24.6 Å². The molecule has 1 fully saturated rings. The molecule has 6 N–H and O–H groups in total. The van der Waals surface area contributed by atoms with Gasteiger partial charge in [-0.05, 0) is 119 Å². The normalized spacial score (nSPS) is 17.0. The number of aryl methyl sites for hydroxylation is 1. The molecule has 1 heterocycles. The Morgan fingerprint density at radius 1 is 0.941 bits per heavy atom. The minimum absolute atomic E-state index is 0.181. The highest BCUT2D eigenvalue weighted by Gasteiger charge is 2.30. The van der Waals surface area contributed by atoms with E-state index in [1.165, 1.54) is 7.05 Å². The maximum atomic E-state index is 13.7. The summed E-state index contributed by atoms with van der Waals surface area (Å²) in [5.74, 6) is -0.666. The number of aromatic amines is 2. The Morgan fingerprint density at radius 3 is 2.29 bits per heavy atom. The molecule has 51 heavy (non-hydrogen) atoms. The summed E-state index contributed by atoms with van der Waals surface area (Å²) in [6.45, 7) is 7.75. The Kier molecular flexibility index (Phi) is 11.4. The van der Waals surface area contributed by atoms with Gasteiger partial charge in [-0.15, -0.1) is 0 Å². The largest absolute Gasteiger partial charge is 0.444 e. The van der Waals surface area contributed by atoms with E-state index in [-0.39, 0.29) is 34.6 Å². The number of hydrogen-bond donors (Lipinski definition) is 6. The molecule has 4 aromatic rings. The second-order valence-electron chi connectivity index (χ2n) is 14.1. The van der Waals surface area contributed by atoms with Gasteiger partial charge < -0.3 is 20.7 Å². The van der Waals surface area contributed by atoms with Crippen LogP contribution >= 0.6 is 0 Å². The van der Waals surface area contributed by atoms with E-state index in [0.717, 1.165) is 35.1 Å². The molecule has 1 saturated carbocycles. The van der Waals surface area contributed by atoms with E-state index >= 15 is 0 Å². The minimum atomic E-state index is -3.57. The SMILES string of the molecule is CNS(=O)(=O)c1ccc(-c2ccc(C[C@H](NC(=O)C3CCC(CNC(=O)OC(C)(C)C)CC3)C(=O)Nc3ccc4c(=O)[nH][nH]c4c3)cc2)c(C)c1. The highest BCUT2D eigenvalue weighted by Crippen LogP contribution is 2.30. The van der Waals surface area contributed by atoms with Crippen LogP contribution in [0.5, 0.6) is 0 Å². The number of carbonyl (C=O) groups is 3. The number of rotatable bonds is 11. The third-order valence-corrected chi connectivity index (χ3v) is 10.5. The maximum Gasteiger partial charge on any atom is 0.407 e. The Hall–Kier alpha value is -4.95. The number of anilines is 1. The van der Waals surface area contributed by atoms with Crippen LogP contribution in [0, 0.1) is 18.8 Å². The summed E-state index contributed by atoms with van der Waals surface area (Å²) in [5.41, 5.74) is 3.52. The van der Waals surface area contributed by atoms with Gasteiger partial charge in [-0.25, -0.2) is 17.9 Å². The third-order valence-electron chi connectivity index (χ3n) is 9.11. The molecule has 1 aliphatic rings. The van der Waals surface area contributed by atoms with Crippen molar-refractivity contribution in [2.24, 2.45) is 11.8 Å². The molecular formula is C37H46N6O7S. The summed E-state index contributed by atoms with van der Waals surface area (Å²) >= 11 is 0. The van der Waals surface area contributed by atoms with Crippen LogP contribution in [-0.4, -0.2) is 61.8 Å². The molecule has 3 amide bonds. The van der Waals surface area contributed by atoms with Crippen molar-refractivity contribution >= 4 is 44.5 Å². The number of benzene rings is 3. The molecule has 3 aromatic carbocycles. The number of ether oxygens (including phenoxy) is 1. The lowest BCUT2D eigenvalue weighted by Gasteiger charge is -2.29. The number of amides is 3. The summed E-state index contributed by atoms with van der Waals surface area (Å²) in [6.07, 6.45) is 2.51. The molecule has 0 bridgehead atoms. The molecule has 1 aliphatic carbocycles. The van der Waals surface area contributed by atoms with Gasteiger partial charge in [0.25, 0.3) is 5.56 Å². The van der Waals surface area contributed by atoms with Crippen LogP contribution in [0.15, 0.2) is 70.4 Å². The van der Waals surface area contributed by atoms with Gasteiger partial charge in [0.05, 0.1) is 15.8 Å². The number of sulfonamides is 1. The molecule has 14 heteroatoms. The van der Waals surface area contributed by atoms with Gasteiger partial charge in [-0.2, -0.15) is 0 Å². The number of nitrogens with one attached hydrogen (secondary N) is 6. The first kappa shape index (κ1) is 37.3. The van der Waals surface area contributed by atoms with Crippen molar-refractivity contribution in [2.45, 2.75) is 76.3 Å². The van der Waals surface area contributed by atoms with Crippen molar-refractivity contribution < 1.29 is 27.5 Å². The van der Waals surface area contributed by atoms with Gasteiger partial charge in [-0.3, -0.25) is 24.6 Å². The smallest absolute Gasteiger partial charge is 0.407 e. The number of fused-ring (bicyclic) bond motifs is 1. The molecule has 272 valence electrons. The molecule has 0 unspecified atom stereocenters. The van der Waals surface area contributed by atoms with Crippen LogP contribution in [0.4, 0.5) is 10.5 Å².